The minimum Gasteiger partial charge on any atom is -0.350 e. The molecule has 1 aromatic heterocycles. The monoisotopic (exact) mass is 427 g/mol. The Balaban J connectivity index is 1.86. The third kappa shape index (κ3) is 4.10. The minimum atomic E-state index is -1.23. The van der Waals surface area contributed by atoms with Crippen LogP contribution in [0.1, 0.15) is 30.1 Å². The molecule has 1 atom stereocenters. The quantitative estimate of drug-likeness (QED) is 0.614. The van der Waals surface area contributed by atoms with Crippen LogP contribution < -0.4 is 16.4 Å². The van der Waals surface area contributed by atoms with Gasteiger partial charge >= 0.3 is 0 Å². The van der Waals surface area contributed by atoms with E-state index in [2.05, 4.69) is 31.7 Å². The van der Waals surface area contributed by atoms with Gasteiger partial charge < -0.3 is 10.3 Å². The Morgan fingerprint density at radius 3 is 2.77 bits per heavy atom. The molecular formula is C17H16BrF2N3O3. The predicted molar refractivity (Wildman–Crippen MR) is 95.1 cm³/mol. The zero-order valence-corrected chi connectivity index (χ0v) is 15.3. The normalized spacial score (nSPS) is 14.8. The molecule has 1 aliphatic rings. The summed E-state index contributed by atoms with van der Waals surface area (Å²) in [4.78, 5) is 31.3. The number of hydroxylamine groups is 1. The number of amides is 1. The number of aromatic nitrogens is 1. The molecule has 1 fully saturated rings. The molecule has 6 nitrogen and oxygen atoms in total. The fourth-order valence-corrected chi connectivity index (χ4v) is 2.73. The Morgan fingerprint density at radius 2 is 2.12 bits per heavy atom. The molecule has 0 saturated heterocycles. The maximum atomic E-state index is 14.3. The molecule has 3 N–H and O–H groups in total. The summed E-state index contributed by atoms with van der Waals surface area (Å²) in [5.74, 6) is -2.27. The van der Waals surface area contributed by atoms with E-state index < -0.39 is 28.8 Å². The first-order valence-corrected chi connectivity index (χ1v) is 8.75. The van der Waals surface area contributed by atoms with Crippen LogP contribution in [0.15, 0.2) is 33.7 Å². The number of benzene rings is 1. The van der Waals surface area contributed by atoms with E-state index in [1.165, 1.54) is 18.2 Å². The van der Waals surface area contributed by atoms with E-state index in [1.807, 2.05) is 6.92 Å². The van der Waals surface area contributed by atoms with Gasteiger partial charge in [0.15, 0.2) is 0 Å². The van der Waals surface area contributed by atoms with Gasteiger partial charge in [-0.25, -0.2) is 9.87 Å². The van der Waals surface area contributed by atoms with Crippen molar-refractivity contribution in [1.82, 2.24) is 10.5 Å². The highest BCUT2D eigenvalue weighted by Crippen LogP contribution is 2.33. The molecule has 0 aliphatic heterocycles. The summed E-state index contributed by atoms with van der Waals surface area (Å²) >= 11 is 3.12. The van der Waals surface area contributed by atoms with Crippen molar-refractivity contribution in [3.63, 3.8) is 0 Å². The number of rotatable bonds is 6. The third-order valence-electron chi connectivity index (χ3n) is 4.09. The molecule has 1 heterocycles. The zero-order chi connectivity index (χ0) is 18.8. The van der Waals surface area contributed by atoms with Crippen molar-refractivity contribution in [1.29, 1.82) is 0 Å². The average molecular weight is 428 g/mol. The predicted octanol–water partition coefficient (Wildman–Crippen LogP) is 3.62. The summed E-state index contributed by atoms with van der Waals surface area (Å²) in [6, 6.07) is 4.07. The molecule has 0 radical (unpaired) electrons. The van der Waals surface area contributed by atoms with Crippen molar-refractivity contribution in [2.75, 3.05) is 5.32 Å². The SMILES string of the molecule is CC(ONC(=O)c1c[nH]c(=O)c(F)c1Nc1ccc(Br)cc1F)C1CC1. The number of nitrogens with one attached hydrogen (secondary N) is 3. The second kappa shape index (κ2) is 7.55. The number of H-pyrrole nitrogens is 1. The number of halogens is 3. The standard InChI is InChI=1S/C17H16BrF2N3O3/c1-8(9-2-3-9)26-23-16(24)11-7-21-17(25)14(20)15(11)22-13-5-4-10(18)6-12(13)19/h4-9H,2-3H2,1H3,(H,23,24)(H2,21,22,25). The second-order valence-electron chi connectivity index (χ2n) is 6.06. The third-order valence-corrected chi connectivity index (χ3v) is 4.59. The van der Waals surface area contributed by atoms with Gasteiger partial charge in [-0.05, 0) is 43.9 Å². The molecule has 2 aromatic rings. The van der Waals surface area contributed by atoms with E-state index in [1.54, 1.807) is 0 Å². The number of anilines is 2. The van der Waals surface area contributed by atoms with Gasteiger partial charge in [0.05, 0.1) is 23.0 Å². The highest BCUT2D eigenvalue weighted by Gasteiger charge is 2.30. The van der Waals surface area contributed by atoms with Crippen molar-refractivity contribution < 1.29 is 18.4 Å². The summed E-state index contributed by atoms with van der Waals surface area (Å²) in [5, 5.41) is 2.47. The van der Waals surface area contributed by atoms with Crippen molar-refractivity contribution in [2.45, 2.75) is 25.9 Å². The van der Waals surface area contributed by atoms with Crippen LogP contribution in [0, 0.1) is 17.6 Å². The molecule has 1 unspecified atom stereocenters. The summed E-state index contributed by atoms with van der Waals surface area (Å²) in [5.41, 5.74) is 0.480. The maximum absolute atomic E-state index is 14.3. The van der Waals surface area contributed by atoms with Crippen LogP contribution in [0.2, 0.25) is 0 Å². The first kappa shape index (κ1) is 18.5. The van der Waals surface area contributed by atoms with E-state index in [0.29, 0.717) is 10.4 Å². The summed E-state index contributed by atoms with van der Waals surface area (Å²) in [6.07, 6.45) is 2.93. The molecule has 0 spiro atoms. The highest BCUT2D eigenvalue weighted by atomic mass is 79.9. The van der Waals surface area contributed by atoms with Crippen LogP contribution in [0.5, 0.6) is 0 Å². The van der Waals surface area contributed by atoms with Gasteiger partial charge in [-0.1, -0.05) is 15.9 Å². The number of carbonyl (C=O) groups excluding carboxylic acids is 1. The Morgan fingerprint density at radius 1 is 1.38 bits per heavy atom. The van der Waals surface area contributed by atoms with Gasteiger partial charge in [0, 0.05) is 10.7 Å². The Kier molecular flexibility index (Phi) is 5.38. The van der Waals surface area contributed by atoms with Crippen molar-refractivity contribution in [3.05, 3.63) is 56.4 Å². The second-order valence-corrected chi connectivity index (χ2v) is 6.98. The lowest BCUT2D eigenvalue weighted by molar-refractivity contribution is -0.0170. The van der Waals surface area contributed by atoms with Crippen LogP contribution in [0.25, 0.3) is 0 Å². The smallest absolute Gasteiger partial charge is 0.286 e. The number of carbonyl (C=O) groups is 1. The number of aromatic amines is 1. The van der Waals surface area contributed by atoms with Crippen LogP contribution in [0.3, 0.4) is 0 Å². The fourth-order valence-electron chi connectivity index (χ4n) is 2.40. The minimum absolute atomic E-state index is 0.0842. The van der Waals surface area contributed by atoms with Gasteiger partial charge in [0.25, 0.3) is 11.5 Å². The Labute approximate surface area is 156 Å². The van der Waals surface area contributed by atoms with Gasteiger partial charge in [0.1, 0.15) is 5.82 Å². The molecule has 1 saturated carbocycles. The Bertz CT molecular complexity index is 899. The van der Waals surface area contributed by atoms with Gasteiger partial charge in [0.2, 0.25) is 5.82 Å². The summed E-state index contributed by atoms with van der Waals surface area (Å²) in [7, 11) is 0. The van der Waals surface area contributed by atoms with E-state index in [9.17, 15) is 18.4 Å². The lowest BCUT2D eigenvalue weighted by Crippen LogP contribution is -2.31. The molecule has 138 valence electrons. The van der Waals surface area contributed by atoms with E-state index in [0.717, 1.165) is 19.0 Å². The van der Waals surface area contributed by atoms with E-state index in [4.69, 9.17) is 4.84 Å². The molecule has 3 rings (SSSR count). The van der Waals surface area contributed by atoms with Crippen LogP contribution in [-0.2, 0) is 4.84 Å². The number of hydrogen-bond donors (Lipinski definition) is 3. The van der Waals surface area contributed by atoms with Crippen LogP contribution in [-0.4, -0.2) is 17.0 Å². The van der Waals surface area contributed by atoms with Gasteiger partial charge in [-0.15, -0.1) is 0 Å². The lowest BCUT2D eigenvalue weighted by Gasteiger charge is -2.15. The maximum Gasteiger partial charge on any atom is 0.286 e. The average Bonchev–Trinajstić information content (AvgIpc) is 3.44. The highest BCUT2D eigenvalue weighted by molar-refractivity contribution is 9.10. The molecule has 9 heteroatoms. The first-order chi connectivity index (χ1) is 12.4. The van der Waals surface area contributed by atoms with Crippen LogP contribution >= 0.6 is 15.9 Å². The molecule has 26 heavy (non-hydrogen) atoms. The molecule has 1 aliphatic carbocycles. The molecule has 0 bridgehead atoms. The van der Waals surface area contributed by atoms with Gasteiger partial charge in [-0.3, -0.25) is 14.4 Å². The lowest BCUT2D eigenvalue weighted by atomic mass is 10.2. The summed E-state index contributed by atoms with van der Waals surface area (Å²) in [6.45, 7) is 1.82. The van der Waals surface area contributed by atoms with E-state index >= 15 is 0 Å². The number of hydrogen-bond acceptors (Lipinski definition) is 4. The number of pyridine rings is 1. The van der Waals surface area contributed by atoms with Crippen LogP contribution in [0.4, 0.5) is 20.2 Å². The molecule has 1 amide bonds. The Hall–Kier alpha value is -2.26. The van der Waals surface area contributed by atoms with Crippen molar-refractivity contribution in [3.8, 4) is 0 Å². The fraction of sp³-hybridized carbons (Fsp3) is 0.294. The molecule has 1 aromatic carbocycles. The molecular weight excluding hydrogens is 412 g/mol. The van der Waals surface area contributed by atoms with Gasteiger partial charge in [-0.2, -0.15) is 4.39 Å². The largest absolute Gasteiger partial charge is 0.350 e. The van der Waals surface area contributed by atoms with E-state index in [-0.39, 0.29) is 17.4 Å². The zero-order valence-electron chi connectivity index (χ0n) is 13.7. The van der Waals surface area contributed by atoms with Crippen molar-refractivity contribution >= 4 is 33.2 Å². The topological polar surface area (TPSA) is 83.2 Å². The first-order valence-electron chi connectivity index (χ1n) is 7.96. The van der Waals surface area contributed by atoms with Crippen molar-refractivity contribution in [2.24, 2.45) is 5.92 Å². The summed E-state index contributed by atoms with van der Waals surface area (Å²) < 4.78 is 28.8.